The second-order valence-corrected chi connectivity index (χ2v) is 8.64. The zero-order chi connectivity index (χ0) is 19.0. The molecule has 138 valence electrons. The standard InChI is InChI=1S/C20H19N3O3S/c1-27(25,26)16-10-5-7-14(13-16)20(24)21-19-17-11-6-12-18(17)22-23(19)15-8-3-2-4-9-15/h2-5,7-10,13H,6,11-12H2,1H3,(H,21,24). The Morgan fingerprint density at radius 1 is 1.07 bits per heavy atom. The van der Waals surface area contributed by atoms with E-state index in [1.165, 1.54) is 12.1 Å². The summed E-state index contributed by atoms with van der Waals surface area (Å²) in [6.07, 6.45) is 3.89. The largest absolute Gasteiger partial charge is 0.306 e. The highest BCUT2D eigenvalue weighted by atomic mass is 32.2. The van der Waals surface area contributed by atoms with Crippen molar-refractivity contribution in [3.05, 3.63) is 71.4 Å². The predicted octanol–water partition coefficient (Wildman–Crippen LogP) is 3.02. The molecule has 1 N–H and O–H groups in total. The van der Waals surface area contributed by atoms with E-state index in [2.05, 4.69) is 10.4 Å². The molecule has 4 rings (SSSR count). The molecule has 6 nitrogen and oxygen atoms in total. The molecule has 0 unspecified atom stereocenters. The number of carbonyl (C=O) groups excluding carboxylic acids is 1. The fourth-order valence-electron chi connectivity index (χ4n) is 3.32. The normalized spacial score (nSPS) is 13.4. The van der Waals surface area contributed by atoms with Crippen molar-refractivity contribution in [1.82, 2.24) is 9.78 Å². The predicted molar refractivity (Wildman–Crippen MR) is 103 cm³/mol. The SMILES string of the molecule is CS(=O)(=O)c1cccc(C(=O)Nc2c3c(nn2-c2ccccc2)CCC3)c1. The summed E-state index contributed by atoms with van der Waals surface area (Å²) in [4.78, 5) is 12.9. The lowest BCUT2D eigenvalue weighted by Gasteiger charge is -2.11. The number of nitrogens with zero attached hydrogens (tertiary/aromatic N) is 2. The van der Waals surface area contributed by atoms with Crippen LogP contribution in [0.15, 0.2) is 59.5 Å². The van der Waals surface area contributed by atoms with Crippen LogP contribution >= 0.6 is 0 Å². The Morgan fingerprint density at radius 2 is 1.85 bits per heavy atom. The van der Waals surface area contributed by atoms with Crippen LogP contribution in [0.2, 0.25) is 0 Å². The van der Waals surface area contributed by atoms with E-state index in [-0.39, 0.29) is 10.8 Å². The van der Waals surface area contributed by atoms with E-state index in [0.717, 1.165) is 42.5 Å². The van der Waals surface area contributed by atoms with Gasteiger partial charge in [-0.3, -0.25) is 4.79 Å². The number of rotatable bonds is 4. The van der Waals surface area contributed by atoms with Crippen molar-refractivity contribution < 1.29 is 13.2 Å². The van der Waals surface area contributed by atoms with Gasteiger partial charge in [0.1, 0.15) is 5.82 Å². The number of para-hydroxylation sites is 1. The zero-order valence-electron chi connectivity index (χ0n) is 14.8. The third-order valence-corrected chi connectivity index (χ3v) is 5.77. The van der Waals surface area contributed by atoms with Crippen LogP contribution in [0.5, 0.6) is 0 Å². The van der Waals surface area contributed by atoms with Gasteiger partial charge < -0.3 is 5.32 Å². The number of hydrogen-bond acceptors (Lipinski definition) is 4. The summed E-state index contributed by atoms with van der Waals surface area (Å²) in [7, 11) is -3.38. The van der Waals surface area contributed by atoms with E-state index in [1.807, 2.05) is 30.3 Å². The van der Waals surface area contributed by atoms with Crippen molar-refractivity contribution >= 4 is 21.6 Å². The summed E-state index contributed by atoms with van der Waals surface area (Å²) in [5, 5.41) is 7.62. The second kappa shape index (κ2) is 6.66. The average molecular weight is 381 g/mol. The van der Waals surface area contributed by atoms with Crippen LogP contribution in [0.1, 0.15) is 28.0 Å². The Labute approximate surface area is 157 Å². The molecular formula is C20H19N3O3S. The molecule has 0 aliphatic heterocycles. The van der Waals surface area contributed by atoms with Gasteiger partial charge in [0.25, 0.3) is 5.91 Å². The first kappa shape index (κ1) is 17.5. The Balaban J connectivity index is 1.72. The number of fused-ring (bicyclic) bond motifs is 1. The zero-order valence-corrected chi connectivity index (χ0v) is 15.7. The van der Waals surface area contributed by atoms with Crippen molar-refractivity contribution in [1.29, 1.82) is 0 Å². The monoisotopic (exact) mass is 381 g/mol. The summed E-state index contributed by atoms with van der Waals surface area (Å²) in [6.45, 7) is 0. The molecule has 1 aliphatic rings. The van der Waals surface area contributed by atoms with Gasteiger partial charge in [0.2, 0.25) is 0 Å². The van der Waals surface area contributed by atoms with Crippen molar-refractivity contribution in [2.24, 2.45) is 0 Å². The summed E-state index contributed by atoms with van der Waals surface area (Å²) in [5.41, 5.74) is 3.21. The van der Waals surface area contributed by atoms with E-state index in [0.29, 0.717) is 11.4 Å². The molecule has 1 aromatic heterocycles. The van der Waals surface area contributed by atoms with Crippen molar-refractivity contribution in [2.45, 2.75) is 24.2 Å². The molecule has 3 aromatic rings. The van der Waals surface area contributed by atoms with Crippen LogP contribution in [0.4, 0.5) is 5.82 Å². The highest BCUT2D eigenvalue weighted by Crippen LogP contribution is 2.31. The van der Waals surface area contributed by atoms with E-state index in [1.54, 1.807) is 16.8 Å². The number of aryl methyl sites for hydroxylation is 1. The van der Waals surface area contributed by atoms with Crippen LogP contribution in [0.3, 0.4) is 0 Å². The lowest BCUT2D eigenvalue weighted by Crippen LogP contribution is -2.16. The van der Waals surface area contributed by atoms with Crippen molar-refractivity contribution in [2.75, 3.05) is 11.6 Å². The Bertz CT molecular complexity index is 1120. The minimum absolute atomic E-state index is 0.122. The Hall–Kier alpha value is -2.93. The van der Waals surface area contributed by atoms with Gasteiger partial charge in [-0.25, -0.2) is 13.1 Å². The van der Waals surface area contributed by atoms with Crippen LogP contribution in [0, 0.1) is 0 Å². The lowest BCUT2D eigenvalue weighted by atomic mass is 10.2. The smallest absolute Gasteiger partial charge is 0.256 e. The average Bonchev–Trinajstić information content (AvgIpc) is 3.24. The molecule has 0 fully saturated rings. The van der Waals surface area contributed by atoms with Gasteiger partial charge in [-0.1, -0.05) is 24.3 Å². The summed E-state index contributed by atoms with van der Waals surface area (Å²) < 4.78 is 25.3. The number of sulfone groups is 1. The summed E-state index contributed by atoms with van der Waals surface area (Å²) in [6, 6.07) is 15.7. The maximum atomic E-state index is 12.8. The number of anilines is 1. The highest BCUT2D eigenvalue weighted by Gasteiger charge is 2.24. The molecule has 1 amide bonds. The third-order valence-electron chi connectivity index (χ3n) is 4.66. The number of benzene rings is 2. The molecule has 0 saturated heterocycles. The fourth-order valence-corrected chi connectivity index (χ4v) is 3.99. The molecule has 1 heterocycles. The van der Waals surface area contributed by atoms with E-state index >= 15 is 0 Å². The minimum Gasteiger partial charge on any atom is -0.306 e. The van der Waals surface area contributed by atoms with Crippen LogP contribution in [-0.2, 0) is 22.7 Å². The van der Waals surface area contributed by atoms with Gasteiger partial charge in [0.05, 0.1) is 16.3 Å². The highest BCUT2D eigenvalue weighted by molar-refractivity contribution is 7.90. The van der Waals surface area contributed by atoms with Crippen LogP contribution < -0.4 is 5.32 Å². The topological polar surface area (TPSA) is 81.1 Å². The molecule has 7 heteroatoms. The molecule has 27 heavy (non-hydrogen) atoms. The molecule has 0 atom stereocenters. The quantitative estimate of drug-likeness (QED) is 0.753. The third kappa shape index (κ3) is 3.38. The lowest BCUT2D eigenvalue weighted by molar-refractivity contribution is 0.102. The number of hydrogen-bond donors (Lipinski definition) is 1. The van der Waals surface area contributed by atoms with E-state index < -0.39 is 9.84 Å². The van der Waals surface area contributed by atoms with Gasteiger partial charge in [0.15, 0.2) is 9.84 Å². The number of amides is 1. The van der Waals surface area contributed by atoms with Crippen molar-refractivity contribution in [3.63, 3.8) is 0 Å². The van der Waals surface area contributed by atoms with Gasteiger partial charge in [-0.15, -0.1) is 0 Å². The molecule has 0 radical (unpaired) electrons. The van der Waals surface area contributed by atoms with Crippen LogP contribution in [-0.4, -0.2) is 30.4 Å². The first-order valence-electron chi connectivity index (χ1n) is 8.71. The molecule has 2 aromatic carbocycles. The van der Waals surface area contributed by atoms with E-state index in [4.69, 9.17) is 0 Å². The molecule has 0 saturated carbocycles. The maximum absolute atomic E-state index is 12.8. The van der Waals surface area contributed by atoms with Gasteiger partial charge >= 0.3 is 0 Å². The Kier molecular flexibility index (Phi) is 4.31. The molecule has 0 bridgehead atoms. The van der Waals surface area contributed by atoms with E-state index in [9.17, 15) is 13.2 Å². The first-order chi connectivity index (χ1) is 12.9. The van der Waals surface area contributed by atoms with Crippen molar-refractivity contribution in [3.8, 4) is 5.69 Å². The number of aromatic nitrogens is 2. The van der Waals surface area contributed by atoms with Crippen LogP contribution in [0.25, 0.3) is 5.69 Å². The van der Waals surface area contributed by atoms with Gasteiger partial charge in [-0.2, -0.15) is 5.10 Å². The molecule has 1 aliphatic carbocycles. The van der Waals surface area contributed by atoms with Gasteiger partial charge in [-0.05, 0) is 49.6 Å². The molecular weight excluding hydrogens is 362 g/mol. The van der Waals surface area contributed by atoms with Gasteiger partial charge in [0, 0.05) is 17.4 Å². The first-order valence-corrected chi connectivity index (χ1v) is 10.6. The minimum atomic E-state index is -3.38. The number of nitrogens with one attached hydrogen (secondary N) is 1. The second-order valence-electron chi connectivity index (χ2n) is 6.63. The summed E-state index contributed by atoms with van der Waals surface area (Å²) >= 11 is 0. The number of carbonyl (C=O) groups is 1. The Morgan fingerprint density at radius 3 is 2.59 bits per heavy atom. The molecule has 0 spiro atoms. The maximum Gasteiger partial charge on any atom is 0.256 e. The summed E-state index contributed by atoms with van der Waals surface area (Å²) in [5.74, 6) is 0.302. The fraction of sp³-hybridized carbons (Fsp3) is 0.200.